The molecule has 1 aliphatic carbocycles. The number of nitrogens with zero attached hydrogens (tertiary/aromatic N) is 5. The fourth-order valence-corrected chi connectivity index (χ4v) is 4.95. The molecule has 0 unspecified atom stereocenters. The number of hydrogen-bond acceptors (Lipinski definition) is 10. The Bertz CT molecular complexity index is 1770. The van der Waals surface area contributed by atoms with Gasteiger partial charge in [0.1, 0.15) is 22.6 Å². The normalized spacial score (nSPS) is 14.5. The molecule has 0 spiro atoms. The Morgan fingerprint density at radius 1 is 1.16 bits per heavy atom. The molecule has 16 heteroatoms. The van der Waals surface area contributed by atoms with Gasteiger partial charge in [-0.1, -0.05) is 0 Å². The lowest BCUT2D eigenvalue weighted by Gasteiger charge is -2.34. The fourth-order valence-electron chi connectivity index (χ4n) is 4.45. The number of alkyl carbamates (subject to hydrolysis) is 1. The van der Waals surface area contributed by atoms with E-state index in [-0.39, 0.29) is 30.3 Å². The van der Waals surface area contributed by atoms with Crippen LogP contribution in [0.2, 0.25) is 0 Å². The highest BCUT2D eigenvalue weighted by atomic mass is 79.9. The minimum atomic E-state index is -2.60. The van der Waals surface area contributed by atoms with Gasteiger partial charge in [0, 0.05) is 43.3 Å². The van der Waals surface area contributed by atoms with Crippen LogP contribution in [0.25, 0.3) is 22.3 Å². The summed E-state index contributed by atoms with van der Waals surface area (Å²) in [5, 5.41) is 17.6. The van der Waals surface area contributed by atoms with Gasteiger partial charge in [-0.3, -0.25) is 19.8 Å². The number of nitro groups is 1. The van der Waals surface area contributed by atoms with Crippen molar-refractivity contribution >= 4 is 44.8 Å². The Morgan fingerprint density at radius 3 is 2.59 bits per heavy atom. The van der Waals surface area contributed by atoms with Crippen molar-refractivity contribution in [3.63, 3.8) is 0 Å². The molecule has 2 aromatic heterocycles. The predicted molar refractivity (Wildman–Crippen MR) is 155 cm³/mol. The van der Waals surface area contributed by atoms with Gasteiger partial charge in [0.25, 0.3) is 0 Å². The van der Waals surface area contributed by atoms with Gasteiger partial charge in [0.15, 0.2) is 0 Å². The van der Waals surface area contributed by atoms with Crippen LogP contribution >= 0.6 is 15.9 Å². The maximum absolute atomic E-state index is 13.2. The third-order valence-corrected chi connectivity index (χ3v) is 7.09. The summed E-state index contributed by atoms with van der Waals surface area (Å²) in [6.07, 6.45) is 2.17. The van der Waals surface area contributed by atoms with E-state index >= 15 is 0 Å². The largest absolute Gasteiger partial charge is 0.456 e. The van der Waals surface area contributed by atoms with Crippen LogP contribution in [0.15, 0.2) is 53.4 Å². The van der Waals surface area contributed by atoms with E-state index < -0.39 is 40.1 Å². The molecular weight excluding hydrogens is 650 g/mol. The molecule has 5 rings (SSSR count). The number of imide groups is 1. The Kier molecular flexibility index (Phi) is 8.20. The van der Waals surface area contributed by atoms with Crippen LogP contribution in [-0.4, -0.2) is 48.4 Å². The third-order valence-electron chi connectivity index (χ3n) is 6.33. The Morgan fingerprint density at radius 2 is 1.91 bits per heavy atom. The summed E-state index contributed by atoms with van der Waals surface area (Å²) in [6.45, 7) is 5.17. The number of carbonyl (C=O) groups is 2. The number of amides is 2. The van der Waals surface area contributed by atoms with Crippen LogP contribution in [-0.2, 0) is 11.3 Å². The molecule has 13 nitrogen and oxygen atoms in total. The Labute approximate surface area is 256 Å². The number of nitrogens with one attached hydrogen (secondary N) is 1. The quantitative estimate of drug-likeness (QED) is 0.159. The highest BCUT2D eigenvalue weighted by Gasteiger charge is 2.45. The van der Waals surface area contributed by atoms with Crippen LogP contribution < -0.4 is 14.8 Å². The van der Waals surface area contributed by atoms with Crippen molar-refractivity contribution in [1.29, 1.82) is 0 Å². The molecule has 0 bridgehead atoms. The molecule has 1 fully saturated rings. The summed E-state index contributed by atoms with van der Waals surface area (Å²) in [5.74, 6) is -2.88. The lowest BCUT2D eigenvalue weighted by atomic mass is 9.81. The van der Waals surface area contributed by atoms with Gasteiger partial charge in [-0.2, -0.15) is 5.10 Å². The first kappa shape index (κ1) is 30.7. The lowest BCUT2D eigenvalue weighted by Crippen LogP contribution is -2.37. The summed E-state index contributed by atoms with van der Waals surface area (Å²) in [6, 6.07) is 6.77. The van der Waals surface area contributed by atoms with Crippen molar-refractivity contribution in [2.45, 2.75) is 51.7 Å². The van der Waals surface area contributed by atoms with Crippen LogP contribution in [0, 0.1) is 16.0 Å². The number of alkyl halides is 2. The number of rotatable bonds is 7. The molecule has 2 amide bonds. The average molecular weight is 675 g/mol. The predicted octanol–water partition coefficient (Wildman–Crippen LogP) is 7.03. The van der Waals surface area contributed by atoms with Crippen LogP contribution in [0.5, 0.6) is 17.2 Å². The third kappa shape index (κ3) is 7.24. The van der Waals surface area contributed by atoms with E-state index in [0.29, 0.717) is 33.3 Å². The number of benzene rings is 2. The van der Waals surface area contributed by atoms with Crippen molar-refractivity contribution < 1.29 is 37.5 Å². The summed E-state index contributed by atoms with van der Waals surface area (Å²) < 4.78 is 44.4. The van der Waals surface area contributed by atoms with Gasteiger partial charge in [-0.15, -0.1) is 0 Å². The zero-order valence-corrected chi connectivity index (χ0v) is 25.1. The molecule has 0 atom stereocenters. The van der Waals surface area contributed by atoms with Gasteiger partial charge in [-0.05, 0) is 60.8 Å². The van der Waals surface area contributed by atoms with Crippen molar-refractivity contribution in [3.05, 3.63) is 63.5 Å². The van der Waals surface area contributed by atoms with Gasteiger partial charge in [0.2, 0.25) is 11.7 Å². The van der Waals surface area contributed by atoms with E-state index in [1.54, 1.807) is 56.2 Å². The standard InChI is InChI=1S/C28H25BrF2N6O7/c1-27(2,3)44-26(39)35-25(38)43-22-8-17(4-6-20(22)37(40)41)42-21-7-5-18-24(23(21)29)34-19(12-32-18)16-11-33-36(14-16)13-15-9-28(30,31)10-15/h4-8,11-12,14-15H,9-10,13H2,1-3H3,(H,35,38,39). The first-order valence-corrected chi connectivity index (χ1v) is 14.0. The minimum Gasteiger partial charge on any atom is -0.456 e. The molecule has 0 radical (unpaired) electrons. The number of aromatic nitrogens is 4. The monoisotopic (exact) mass is 674 g/mol. The first-order chi connectivity index (χ1) is 20.7. The number of nitro benzene ring substituents is 1. The topological polar surface area (TPSA) is 161 Å². The van der Waals surface area contributed by atoms with E-state index in [1.807, 2.05) is 5.32 Å². The SMILES string of the molecule is CC(C)(C)OC(=O)NC(=O)Oc1cc(Oc2ccc3ncc(-c4cnn(CC5CC(F)(F)C5)c4)nc3c2Br)ccc1[N+](=O)[O-]. The second kappa shape index (κ2) is 11.7. The van der Waals surface area contributed by atoms with E-state index in [9.17, 15) is 28.5 Å². The van der Waals surface area contributed by atoms with Crippen molar-refractivity contribution in [2.75, 3.05) is 0 Å². The number of carbonyl (C=O) groups excluding carboxylic acids is 2. The maximum Gasteiger partial charge on any atom is 0.422 e. The molecule has 0 saturated heterocycles. The molecular formula is C28H25BrF2N6O7. The molecule has 0 aliphatic heterocycles. The first-order valence-electron chi connectivity index (χ1n) is 13.2. The van der Waals surface area contributed by atoms with Gasteiger partial charge in [0.05, 0.1) is 33.0 Å². The molecule has 4 aromatic rings. The molecule has 1 N–H and O–H groups in total. The Balaban J connectivity index is 1.34. The molecule has 1 aliphatic rings. The molecule has 2 heterocycles. The second-order valence-electron chi connectivity index (χ2n) is 11.1. The second-order valence-corrected chi connectivity index (χ2v) is 11.9. The zero-order chi connectivity index (χ0) is 31.8. The Hall–Kier alpha value is -4.73. The zero-order valence-electron chi connectivity index (χ0n) is 23.5. The molecule has 230 valence electrons. The maximum atomic E-state index is 13.2. The molecule has 44 heavy (non-hydrogen) atoms. The summed E-state index contributed by atoms with van der Waals surface area (Å²) in [7, 11) is 0. The number of halogens is 3. The van der Waals surface area contributed by atoms with Crippen molar-refractivity contribution in [2.24, 2.45) is 5.92 Å². The summed E-state index contributed by atoms with van der Waals surface area (Å²) in [4.78, 5) is 44.0. The number of fused-ring (bicyclic) bond motifs is 1. The molecule has 2 aromatic carbocycles. The number of ether oxygens (including phenoxy) is 3. The van der Waals surface area contributed by atoms with Crippen LogP contribution in [0.3, 0.4) is 0 Å². The van der Waals surface area contributed by atoms with Crippen LogP contribution in [0.1, 0.15) is 33.6 Å². The summed E-state index contributed by atoms with van der Waals surface area (Å²) in [5.41, 5.74) is 0.664. The lowest BCUT2D eigenvalue weighted by molar-refractivity contribution is -0.385. The van der Waals surface area contributed by atoms with E-state index in [1.165, 1.54) is 6.07 Å². The number of hydrogen-bond donors (Lipinski definition) is 1. The highest BCUT2D eigenvalue weighted by Crippen LogP contribution is 2.43. The van der Waals surface area contributed by atoms with Gasteiger partial charge < -0.3 is 14.2 Å². The summed E-state index contributed by atoms with van der Waals surface area (Å²) >= 11 is 3.48. The minimum absolute atomic E-state index is 0.0719. The highest BCUT2D eigenvalue weighted by molar-refractivity contribution is 9.10. The smallest absolute Gasteiger partial charge is 0.422 e. The van der Waals surface area contributed by atoms with Crippen LogP contribution in [0.4, 0.5) is 24.1 Å². The van der Waals surface area contributed by atoms with E-state index in [0.717, 1.165) is 12.1 Å². The molecule has 1 saturated carbocycles. The van der Waals surface area contributed by atoms with Crippen molar-refractivity contribution in [3.8, 4) is 28.5 Å². The average Bonchev–Trinajstić information content (AvgIpc) is 3.36. The van der Waals surface area contributed by atoms with Crippen molar-refractivity contribution in [1.82, 2.24) is 25.1 Å². The van der Waals surface area contributed by atoms with E-state index in [2.05, 4.69) is 31.0 Å². The van der Waals surface area contributed by atoms with Gasteiger partial charge in [-0.25, -0.2) is 28.7 Å². The van der Waals surface area contributed by atoms with E-state index in [4.69, 9.17) is 14.2 Å². The van der Waals surface area contributed by atoms with Gasteiger partial charge >= 0.3 is 17.9 Å². The fraction of sp³-hybridized carbons (Fsp3) is 0.321.